The van der Waals surface area contributed by atoms with Crippen LogP contribution in [0, 0.1) is 5.82 Å². The second-order valence-electron chi connectivity index (χ2n) is 4.82. The lowest BCUT2D eigenvalue weighted by Gasteiger charge is -2.22. The maximum Gasteiger partial charge on any atom is 0.324 e. The van der Waals surface area contributed by atoms with Gasteiger partial charge in [0.1, 0.15) is 5.82 Å². The number of imide groups is 1. The zero-order valence-electron chi connectivity index (χ0n) is 11.7. The Morgan fingerprint density at radius 2 is 2.29 bits per heavy atom. The lowest BCUT2D eigenvalue weighted by molar-refractivity contribution is -0.128. The Bertz CT molecular complexity index is 553. The molecule has 0 bridgehead atoms. The number of nitrogens with zero attached hydrogens (tertiary/aromatic N) is 2. The molecule has 2 rings (SSSR count). The monoisotopic (exact) mass is 357 g/mol. The molecule has 1 aliphatic rings. The van der Waals surface area contributed by atoms with Crippen molar-refractivity contribution in [3.05, 3.63) is 34.1 Å². The van der Waals surface area contributed by atoms with Crippen LogP contribution in [-0.4, -0.2) is 47.9 Å². The number of urea groups is 1. The molecular weight excluding hydrogens is 341 g/mol. The Morgan fingerprint density at radius 1 is 1.52 bits per heavy atom. The molecule has 0 aliphatic carbocycles. The zero-order chi connectivity index (χ0) is 15.4. The van der Waals surface area contributed by atoms with Crippen LogP contribution in [0.2, 0.25) is 0 Å². The largest absolute Gasteiger partial charge is 0.336 e. The van der Waals surface area contributed by atoms with E-state index in [1.54, 1.807) is 17.0 Å². The molecule has 0 spiro atoms. The summed E-state index contributed by atoms with van der Waals surface area (Å²) in [6.45, 7) is 3.77. The summed E-state index contributed by atoms with van der Waals surface area (Å²) >= 11 is 3.31. The second-order valence-corrected chi connectivity index (χ2v) is 5.73. The molecule has 1 aromatic rings. The van der Waals surface area contributed by atoms with E-state index < -0.39 is 0 Å². The van der Waals surface area contributed by atoms with E-state index >= 15 is 0 Å². The van der Waals surface area contributed by atoms with Gasteiger partial charge in [0.15, 0.2) is 0 Å². The Labute approximate surface area is 131 Å². The highest BCUT2D eigenvalue weighted by atomic mass is 79.9. The third-order valence-electron chi connectivity index (χ3n) is 3.37. The summed E-state index contributed by atoms with van der Waals surface area (Å²) < 4.78 is 14.6. The molecular formula is C14H17BrFN3O2. The van der Waals surface area contributed by atoms with E-state index in [1.165, 1.54) is 11.0 Å². The average molecular weight is 358 g/mol. The molecule has 114 valence electrons. The van der Waals surface area contributed by atoms with Crippen molar-refractivity contribution in [3.8, 4) is 0 Å². The predicted molar refractivity (Wildman–Crippen MR) is 80.2 cm³/mol. The van der Waals surface area contributed by atoms with E-state index in [4.69, 9.17) is 0 Å². The SMILES string of the molecule is CCN(CC(=O)N1CCNC1=O)Cc1cc(Br)ccc1F. The van der Waals surface area contributed by atoms with Gasteiger partial charge in [0.2, 0.25) is 5.91 Å². The molecule has 7 heteroatoms. The molecule has 1 aromatic carbocycles. The van der Waals surface area contributed by atoms with Crippen molar-refractivity contribution in [3.63, 3.8) is 0 Å². The fraction of sp³-hybridized carbons (Fsp3) is 0.429. The molecule has 1 saturated heterocycles. The van der Waals surface area contributed by atoms with Gasteiger partial charge in [-0.1, -0.05) is 22.9 Å². The van der Waals surface area contributed by atoms with Crippen LogP contribution in [0.15, 0.2) is 22.7 Å². The van der Waals surface area contributed by atoms with Crippen LogP contribution in [0.4, 0.5) is 9.18 Å². The quantitative estimate of drug-likeness (QED) is 0.876. The van der Waals surface area contributed by atoms with Gasteiger partial charge in [-0.2, -0.15) is 0 Å². The minimum Gasteiger partial charge on any atom is -0.336 e. The van der Waals surface area contributed by atoms with E-state index in [9.17, 15) is 14.0 Å². The van der Waals surface area contributed by atoms with Crippen molar-refractivity contribution in [2.45, 2.75) is 13.5 Å². The van der Waals surface area contributed by atoms with E-state index in [0.717, 1.165) is 4.47 Å². The highest BCUT2D eigenvalue weighted by molar-refractivity contribution is 9.10. The minimum absolute atomic E-state index is 0.0931. The normalized spacial score (nSPS) is 14.7. The fourth-order valence-corrected chi connectivity index (χ4v) is 2.58. The van der Waals surface area contributed by atoms with E-state index in [-0.39, 0.29) is 24.3 Å². The third-order valence-corrected chi connectivity index (χ3v) is 3.86. The third kappa shape index (κ3) is 4.01. The molecule has 1 N–H and O–H groups in total. The van der Waals surface area contributed by atoms with E-state index in [1.807, 2.05) is 6.92 Å². The fourth-order valence-electron chi connectivity index (χ4n) is 2.17. The van der Waals surface area contributed by atoms with Gasteiger partial charge >= 0.3 is 6.03 Å². The summed E-state index contributed by atoms with van der Waals surface area (Å²) in [6.07, 6.45) is 0. The zero-order valence-corrected chi connectivity index (χ0v) is 13.3. The highest BCUT2D eigenvalue weighted by Crippen LogP contribution is 2.17. The molecule has 1 aliphatic heterocycles. The van der Waals surface area contributed by atoms with Gasteiger partial charge < -0.3 is 5.32 Å². The minimum atomic E-state index is -0.357. The first-order chi connectivity index (χ1) is 10.0. The van der Waals surface area contributed by atoms with Crippen LogP contribution in [0.1, 0.15) is 12.5 Å². The number of hydrogen-bond acceptors (Lipinski definition) is 3. The van der Waals surface area contributed by atoms with Crippen LogP contribution in [0.25, 0.3) is 0 Å². The molecule has 0 atom stereocenters. The van der Waals surface area contributed by atoms with Crippen molar-refractivity contribution in [2.24, 2.45) is 0 Å². The first-order valence-corrected chi connectivity index (χ1v) is 7.55. The smallest absolute Gasteiger partial charge is 0.324 e. The molecule has 5 nitrogen and oxygen atoms in total. The Balaban J connectivity index is 2.01. The van der Waals surface area contributed by atoms with Gasteiger partial charge in [0, 0.05) is 29.7 Å². The number of carbonyl (C=O) groups excluding carboxylic acids is 2. The summed E-state index contributed by atoms with van der Waals surface area (Å²) in [4.78, 5) is 26.5. The number of rotatable bonds is 5. The van der Waals surface area contributed by atoms with Gasteiger partial charge in [-0.15, -0.1) is 0 Å². The van der Waals surface area contributed by atoms with Crippen molar-refractivity contribution >= 4 is 27.9 Å². The molecule has 1 heterocycles. The lowest BCUT2D eigenvalue weighted by atomic mass is 10.2. The Hall–Kier alpha value is -1.47. The average Bonchev–Trinajstić information content (AvgIpc) is 2.88. The molecule has 0 unspecified atom stereocenters. The van der Waals surface area contributed by atoms with Crippen LogP contribution in [0.5, 0.6) is 0 Å². The van der Waals surface area contributed by atoms with Crippen LogP contribution in [-0.2, 0) is 11.3 Å². The van der Waals surface area contributed by atoms with Gasteiger partial charge in [-0.25, -0.2) is 9.18 Å². The standard InChI is InChI=1S/C14H17BrFN3O2/c1-2-18(8-10-7-11(15)3-4-12(10)16)9-13(20)19-6-5-17-14(19)21/h3-4,7H,2,5-6,8-9H2,1H3,(H,17,21). The molecule has 3 amide bonds. The predicted octanol–water partition coefficient (Wildman–Crippen LogP) is 1.96. The molecule has 0 radical (unpaired) electrons. The van der Waals surface area contributed by atoms with Crippen molar-refractivity contribution < 1.29 is 14.0 Å². The van der Waals surface area contributed by atoms with Crippen LogP contribution >= 0.6 is 15.9 Å². The Morgan fingerprint density at radius 3 is 2.90 bits per heavy atom. The summed E-state index contributed by atoms with van der Waals surface area (Å²) in [6, 6.07) is 4.37. The first kappa shape index (κ1) is 15.9. The van der Waals surface area contributed by atoms with Crippen LogP contribution in [0.3, 0.4) is 0 Å². The van der Waals surface area contributed by atoms with E-state index in [2.05, 4.69) is 21.2 Å². The van der Waals surface area contributed by atoms with Crippen LogP contribution < -0.4 is 5.32 Å². The number of amides is 3. The number of hydrogen-bond donors (Lipinski definition) is 1. The Kier molecular flexibility index (Phi) is 5.30. The lowest BCUT2D eigenvalue weighted by Crippen LogP contribution is -2.41. The maximum atomic E-state index is 13.8. The summed E-state index contributed by atoms with van der Waals surface area (Å²) in [5, 5.41) is 2.59. The van der Waals surface area contributed by atoms with Gasteiger partial charge in [-0.05, 0) is 24.7 Å². The molecule has 0 saturated carbocycles. The summed E-state index contributed by atoms with van der Waals surface area (Å²) in [5.41, 5.74) is 0.518. The maximum absolute atomic E-state index is 13.8. The van der Waals surface area contributed by atoms with Gasteiger partial charge in [0.25, 0.3) is 0 Å². The highest BCUT2D eigenvalue weighted by Gasteiger charge is 2.27. The topological polar surface area (TPSA) is 52.7 Å². The number of benzene rings is 1. The van der Waals surface area contributed by atoms with Gasteiger partial charge in [-0.3, -0.25) is 14.6 Å². The summed E-state index contributed by atoms with van der Waals surface area (Å²) in [5.74, 6) is -0.565. The first-order valence-electron chi connectivity index (χ1n) is 6.75. The number of likely N-dealkylation sites (N-methyl/N-ethyl adjacent to an activating group) is 1. The second kappa shape index (κ2) is 7.00. The van der Waals surface area contributed by atoms with Gasteiger partial charge in [0.05, 0.1) is 6.54 Å². The molecule has 0 aromatic heterocycles. The van der Waals surface area contributed by atoms with Crippen molar-refractivity contribution in [2.75, 3.05) is 26.2 Å². The van der Waals surface area contributed by atoms with E-state index in [0.29, 0.717) is 31.7 Å². The number of halogens is 2. The molecule has 21 heavy (non-hydrogen) atoms. The summed E-state index contributed by atoms with van der Waals surface area (Å²) in [7, 11) is 0. The molecule has 1 fully saturated rings. The van der Waals surface area contributed by atoms with Crippen molar-refractivity contribution in [1.82, 2.24) is 15.1 Å². The van der Waals surface area contributed by atoms with Crippen molar-refractivity contribution in [1.29, 1.82) is 0 Å². The number of carbonyl (C=O) groups is 2. The number of nitrogens with one attached hydrogen (secondary N) is 1.